The lowest BCUT2D eigenvalue weighted by molar-refractivity contribution is 0.341. The monoisotopic (exact) mass is 138 g/mol. The van der Waals surface area contributed by atoms with Gasteiger partial charge in [0.1, 0.15) is 0 Å². The molecule has 0 aliphatic heterocycles. The number of hydrogen-bond donors (Lipinski definition) is 1. The van der Waals surface area contributed by atoms with Crippen LogP contribution in [-0.4, -0.2) is 11.7 Å². The Bertz CT molecular complexity index is 166. The zero-order chi connectivity index (χ0) is 7.40. The van der Waals surface area contributed by atoms with Gasteiger partial charge in [-0.15, -0.1) is 0 Å². The van der Waals surface area contributed by atoms with Crippen molar-refractivity contribution in [1.82, 2.24) is 0 Å². The summed E-state index contributed by atoms with van der Waals surface area (Å²) >= 11 is 0. The summed E-state index contributed by atoms with van der Waals surface area (Å²) in [6.45, 7) is 2.32. The summed E-state index contributed by atoms with van der Waals surface area (Å²) in [5.41, 5.74) is 2.73. The van der Waals surface area contributed by atoms with E-state index in [-0.39, 0.29) is 6.61 Å². The number of hydrogen-bond acceptors (Lipinski definition) is 1. The van der Waals surface area contributed by atoms with Gasteiger partial charge in [0.2, 0.25) is 0 Å². The quantitative estimate of drug-likeness (QED) is 0.588. The fourth-order valence-corrected chi connectivity index (χ4v) is 1.31. The topological polar surface area (TPSA) is 20.2 Å². The standard InChI is InChI=1S/C9H14O/c1-8-3-2-4-9(7-8)5-6-10/h5,7,10H,2-4,6H2,1H3/b9-5+. The molecule has 0 heterocycles. The minimum Gasteiger partial charge on any atom is -0.392 e. The number of aliphatic hydroxyl groups is 1. The molecule has 0 saturated carbocycles. The van der Waals surface area contributed by atoms with Gasteiger partial charge in [-0.3, -0.25) is 0 Å². The van der Waals surface area contributed by atoms with Crippen LogP contribution in [0.15, 0.2) is 23.3 Å². The second-order valence-electron chi connectivity index (χ2n) is 2.81. The van der Waals surface area contributed by atoms with Gasteiger partial charge in [0.25, 0.3) is 0 Å². The predicted octanol–water partition coefficient (Wildman–Crippen LogP) is 2.04. The number of allylic oxidation sites excluding steroid dienone is 3. The van der Waals surface area contributed by atoms with E-state index in [0.29, 0.717) is 0 Å². The van der Waals surface area contributed by atoms with Crippen LogP contribution in [0.3, 0.4) is 0 Å². The van der Waals surface area contributed by atoms with E-state index < -0.39 is 0 Å². The van der Waals surface area contributed by atoms with E-state index in [2.05, 4.69) is 13.0 Å². The Morgan fingerprint density at radius 2 is 2.40 bits per heavy atom. The van der Waals surface area contributed by atoms with Crippen molar-refractivity contribution in [2.24, 2.45) is 0 Å². The highest BCUT2D eigenvalue weighted by molar-refractivity contribution is 5.25. The van der Waals surface area contributed by atoms with Gasteiger partial charge in [-0.1, -0.05) is 17.7 Å². The Morgan fingerprint density at radius 3 is 3.00 bits per heavy atom. The van der Waals surface area contributed by atoms with Gasteiger partial charge in [0, 0.05) is 0 Å². The predicted molar refractivity (Wildman–Crippen MR) is 42.8 cm³/mol. The molecule has 0 amide bonds. The summed E-state index contributed by atoms with van der Waals surface area (Å²) in [5, 5.41) is 8.60. The van der Waals surface area contributed by atoms with Crippen LogP contribution in [0.4, 0.5) is 0 Å². The van der Waals surface area contributed by atoms with Crippen LogP contribution in [-0.2, 0) is 0 Å². The molecule has 0 spiro atoms. The smallest absolute Gasteiger partial charge is 0.0618 e. The van der Waals surface area contributed by atoms with Gasteiger partial charge in [-0.2, -0.15) is 0 Å². The van der Waals surface area contributed by atoms with Crippen molar-refractivity contribution < 1.29 is 5.11 Å². The van der Waals surface area contributed by atoms with E-state index in [1.807, 2.05) is 6.08 Å². The second kappa shape index (κ2) is 3.57. The molecule has 1 rings (SSSR count). The largest absolute Gasteiger partial charge is 0.392 e. The molecule has 0 aromatic rings. The summed E-state index contributed by atoms with van der Waals surface area (Å²) in [6, 6.07) is 0. The third kappa shape index (κ3) is 1.99. The maximum Gasteiger partial charge on any atom is 0.0618 e. The Balaban J connectivity index is 2.62. The highest BCUT2D eigenvalue weighted by Crippen LogP contribution is 2.20. The van der Waals surface area contributed by atoms with E-state index in [4.69, 9.17) is 5.11 Å². The molecule has 0 radical (unpaired) electrons. The zero-order valence-electron chi connectivity index (χ0n) is 6.43. The minimum atomic E-state index is 0.180. The molecule has 0 atom stereocenters. The Kier molecular flexibility index (Phi) is 2.69. The minimum absolute atomic E-state index is 0.180. The van der Waals surface area contributed by atoms with Crippen LogP contribution in [0, 0.1) is 0 Å². The van der Waals surface area contributed by atoms with Gasteiger partial charge in [-0.25, -0.2) is 0 Å². The third-order valence-electron chi connectivity index (χ3n) is 1.82. The van der Waals surface area contributed by atoms with Crippen LogP contribution in [0.2, 0.25) is 0 Å². The maximum atomic E-state index is 8.60. The summed E-state index contributed by atoms with van der Waals surface area (Å²) in [5.74, 6) is 0. The van der Waals surface area contributed by atoms with Crippen molar-refractivity contribution in [3.05, 3.63) is 23.3 Å². The summed E-state index contributed by atoms with van der Waals surface area (Å²) in [7, 11) is 0. The zero-order valence-corrected chi connectivity index (χ0v) is 6.43. The van der Waals surface area contributed by atoms with Crippen LogP contribution in [0.5, 0.6) is 0 Å². The lowest BCUT2D eigenvalue weighted by atomic mass is 9.96. The normalized spacial score (nSPS) is 23.0. The number of rotatable bonds is 1. The fraction of sp³-hybridized carbons (Fsp3) is 0.556. The molecular formula is C9H14O. The SMILES string of the molecule is CC1=C/C(=C/CO)CCC1. The van der Waals surface area contributed by atoms with E-state index in [9.17, 15) is 0 Å². The van der Waals surface area contributed by atoms with Gasteiger partial charge < -0.3 is 5.11 Å². The van der Waals surface area contributed by atoms with Gasteiger partial charge in [-0.05, 0) is 31.8 Å². The molecule has 56 valence electrons. The number of aliphatic hydroxyl groups excluding tert-OH is 1. The molecule has 0 aromatic heterocycles. The van der Waals surface area contributed by atoms with Crippen molar-refractivity contribution in [2.45, 2.75) is 26.2 Å². The van der Waals surface area contributed by atoms with E-state index >= 15 is 0 Å². The van der Waals surface area contributed by atoms with Crippen molar-refractivity contribution in [1.29, 1.82) is 0 Å². The van der Waals surface area contributed by atoms with Crippen LogP contribution >= 0.6 is 0 Å². The fourth-order valence-electron chi connectivity index (χ4n) is 1.31. The van der Waals surface area contributed by atoms with Crippen LogP contribution in [0.1, 0.15) is 26.2 Å². The first kappa shape index (κ1) is 7.55. The molecule has 1 aliphatic rings. The molecule has 10 heavy (non-hydrogen) atoms. The van der Waals surface area contributed by atoms with E-state index in [1.165, 1.54) is 24.0 Å². The Morgan fingerprint density at radius 1 is 1.60 bits per heavy atom. The molecule has 0 fully saturated rings. The van der Waals surface area contributed by atoms with Gasteiger partial charge in [0.05, 0.1) is 6.61 Å². The first-order chi connectivity index (χ1) is 4.83. The van der Waals surface area contributed by atoms with Crippen LogP contribution < -0.4 is 0 Å². The maximum absolute atomic E-state index is 8.60. The summed E-state index contributed by atoms with van der Waals surface area (Å²) < 4.78 is 0. The molecule has 0 bridgehead atoms. The molecular weight excluding hydrogens is 124 g/mol. The Labute approximate surface area is 62.1 Å². The molecule has 0 saturated heterocycles. The molecule has 1 N–H and O–H groups in total. The van der Waals surface area contributed by atoms with E-state index in [1.54, 1.807) is 0 Å². The first-order valence-corrected chi connectivity index (χ1v) is 3.80. The lowest BCUT2D eigenvalue weighted by Gasteiger charge is -2.10. The van der Waals surface area contributed by atoms with E-state index in [0.717, 1.165) is 6.42 Å². The molecule has 1 aliphatic carbocycles. The summed E-state index contributed by atoms with van der Waals surface area (Å²) in [6.07, 6.45) is 7.68. The second-order valence-corrected chi connectivity index (χ2v) is 2.81. The average molecular weight is 138 g/mol. The third-order valence-corrected chi connectivity index (χ3v) is 1.82. The van der Waals surface area contributed by atoms with Crippen molar-refractivity contribution >= 4 is 0 Å². The first-order valence-electron chi connectivity index (χ1n) is 3.80. The van der Waals surface area contributed by atoms with Crippen molar-refractivity contribution in [3.63, 3.8) is 0 Å². The Hall–Kier alpha value is -0.560. The lowest BCUT2D eigenvalue weighted by Crippen LogP contribution is -1.92. The molecule has 0 aromatic carbocycles. The van der Waals surface area contributed by atoms with Gasteiger partial charge >= 0.3 is 0 Å². The average Bonchev–Trinajstić information content (AvgIpc) is 1.88. The molecule has 1 heteroatoms. The molecule has 1 nitrogen and oxygen atoms in total. The highest BCUT2D eigenvalue weighted by atomic mass is 16.2. The van der Waals surface area contributed by atoms with Crippen LogP contribution in [0.25, 0.3) is 0 Å². The highest BCUT2D eigenvalue weighted by Gasteiger charge is 2.01. The van der Waals surface area contributed by atoms with Crippen molar-refractivity contribution in [3.8, 4) is 0 Å². The van der Waals surface area contributed by atoms with Crippen molar-refractivity contribution in [2.75, 3.05) is 6.61 Å². The molecule has 0 unspecified atom stereocenters. The van der Waals surface area contributed by atoms with Gasteiger partial charge in [0.15, 0.2) is 0 Å². The summed E-state index contributed by atoms with van der Waals surface area (Å²) in [4.78, 5) is 0.